The first-order valence-electron chi connectivity index (χ1n) is 8.49. The average Bonchev–Trinajstić information content (AvgIpc) is 3.31. The zero-order valence-electron chi connectivity index (χ0n) is 14.5. The van der Waals surface area contributed by atoms with E-state index in [-0.39, 0.29) is 0 Å². The zero-order valence-corrected chi connectivity index (χ0v) is 15.3. The van der Waals surface area contributed by atoms with Gasteiger partial charge in [-0.25, -0.2) is 0 Å². The summed E-state index contributed by atoms with van der Waals surface area (Å²) in [7, 11) is 0. The van der Waals surface area contributed by atoms with E-state index in [1.54, 1.807) is 11.7 Å². The SMILES string of the molecule is OC(Nc1cn(Cc2ccc(C(F)(F)F)cc2)c2ccccc12)c1cncs1. The van der Waals surface area contributed by atoms with Gasteiger partial charge < -0.3 is 15.0 Å². The molecule has 0 aliphatic rings. The summed E-state index contributed by atoms with van der Waals surface area (Å²) in [6.07, 6.45) is -1.78. The molecule has 0 aliphatic heterocycles. The number of alkyl halides is 3. The third kappa shape index (κ3) is 3.74. The third-order valence-electron chi connectivity index (χ3n) is 4.44. The summed E-state index contributed by atoms with van der Waals surface area (Å²) in [5.74, 6) is 0. The molecule has 4 nitrogen and oxygen atoms in total. The summed E-state index contributed by atoms with van der Waals surface area (Å²) >= 11 is 1.35. The minimum atomic E-state index is -4.34. The fraction of sp³-hybridized carbons (Fsp3) is 0.150. The highest BCUT2D eigenvalue weighted by Gasteiger charge is 2.29. The van der Waals surface area contributed by atoms with E-state index in [0.29, 0.717) is 11.4 Å². The van der Waals surface area contributed by atoms with E-state index in [1.807, 2.05) is 35.0 Å². The van der Waals surface area contributed by atoms with Gasteiger partial charge in [0.15, 0.2) is 6.23 Å². The van der Waals surface area contributed by atoms with Crippen molar-refractivity contribution in [2.24, 2.45) is 0 Å². The van der Waals surface area contributed by atoms with Crippen LogP contribution in [0.3, 0.4) is 0 Å². The Morgan fingerprint density at radius 1 is 1.11 bits per heavy atom. The van der Waals surface area contributed by atoms with Crippen molar-refractivity contribution in [1.29, 1.82) is 0 Å². The number of thiazole rings is 1. The zero-order chi connectivity index (χ0) is 19.7. The number of hydrogen-bond donors (Lipinski definition) is 2. The number of rotatable bonds is 5. The summed E-state index contributed by atoms with van der Waals surface area (Å²) in [4.78, 5) is 4.66. The van der Waals surface area contributed by atoms with Crippen LogP contribution in [-0.4, -0.2) is 14.7 Å². The summed E-state index contributed by atoms with van der Waals surface area (Å²) in [6, 6.07) is 12.8. The second-order valence-electron chi connectivity index (χ2n) is 6.33. The van der Waals surface area contributed by atoms with Crippen LogP contribution in [0.2, 0.25) is 0 Å². The van der Waals surface area contributed by atoms with Crippen LogP contribution in [0.4, 0.5) is 18.9 Å². The van der Waals surface area contributed by atoms with Crippen LogP contribution in [-0.2, 0) is 12.7 Å². The molecule has 0 fully saturated rings. The van der Waals surface area contributed by atoms with E-state index < -0.39 is 18.0 Å². The van der Waals surface area contributed by atoms with Crippen molar-refractivity contribution >= 4 is 27.9 Å². The van der Waals surface area contributed by atoms with Crippen LogP contribution in [0.1, 0.15) is 22.2 Å². The topological polar surface area (TPSA) is 50.1 Å². The predicted octanol–water partition coefficient (Wildman–Crippen LogP) is 5.27. The van der Waals surface area contributed by atoms with Gasteiger partial charge >= 0.3 is 6.18 Å². The fourth-order valence-corrected chi connectivity index (χ4v) is 3.62. The molecule has 2 N–H and O–H groups in total. The van der Waals surface area contributed by atoms with Gasteiger partial charge in [-0.15, -0.1) is 11.3 Å². The maximum absolute atomic E-state index is 12.8. The molecule has 8 heteroatoms. The lowest BCUT2D eigenvalue weighted by Crippen LogP contribution is -2.07. The molecular weight excluding hydrogens is 387 g/mol. The van der Waals surface area contributed by atoms with Gasteiger partial charge in [-0.3, -0.25) is 4.98 Å². The summed E-state index contributed by atoms with van der Waals surface area (Å²) in [6.45, 7) is 0.414. The summed E-state index contributed by atoms with van der Waals surface area (Å²) < 4.78 is 40.2. The number of aromatic nitrogens is 2. The number of para-hydroxylation sites is 1. The number of nitrogens with zero attached hydrogens (tertiary/aromatic N) is 2. The van der Waals surface area contributed by atoms with E-state index in [9.17, 15) is 18.3 Å². The Morgan fingerprint density at radius 3 is 2.54 bits per heavy atom. The lowest BCUT2D eigenvalue weighted by Gasteiger charge is -2.11. The van der Waals surface area contributed by atoms with Gasteiger partial charge in [0.2, 0.25) is 0 Å². The maximum atomic E-state index is 12.8. The number of fused-ring (bicyclic) bond motifs is 1. The van der Waals surface area contributed by atoms with Crippen molar-refractivity contribution in [2.45, 2.75) is 18.9 Å². The van der Waals surface area contributed by atoms with Crippen LogP contribution >= 0.6 is 11.3 Å². The number of anilines is 1. The fourth-order valence-electron chi connectivity index (χ4n) is 3.07. The number of halogens is 3. The monoisotopic (exact) mass is 403 g/mol. The van der Waals surface area contributed by atoms with Gasteiger partial charge in [-0.05, 0) is 23.8 Å². The first-order valence-corrected chi connectivity index (χ1v) is 9.37. The molecule has 1 unspecified atom stereocenters. The highest BCUT2D eigenvalue weighted by atomic mass is 32.1. The Kier molecular flexibility index (Phi) is 4.82. The minimum Gasteiger partial charge on any atom is -0.369 e. The van der Waals surface area contributed by atoms with E-state index in [1.165, 1.54) is 23.5 Å². The van der Waals surface area contributed by atoms with Crippen LogP contribution < -0.4 is 5.32 Å². The molecule has 2 aromatic carbocycles. The highest BCUT2D eigenvalue weighted by Crippen LogP contribution is 2.31. The lowest BCUT2D eigenvalue weighted by molar-refractivity contribution is -0.137. The van der Waals surface area contributed by atoms with Crippen LogP contribution in [0.15, 0.2) is 66.4 Å². The number of hydrogen-bond acceptors (Lipinski definition) is 4. The Morgan fingerprint density at radius 2 is 1.86 bits per heavy atom. The molecule has 144 valence electrons. The Hall–Kier alpha value is -2.84. The number of nitrogens with one attached hydrogen (secondary N) is 1. The molecule has 4 aromatic rings. The molecule has 28 heavy (non-hydrogen) atoms. The molecule has 0 radical (unpaired) electrons. The Balaban J connectivity index is 1.63. The highest BCUT2D eigenvalue weighted by molar-refractivity contribution is 7.09. The number of benzene rings is 2. The minimum absolute atomic E-state index is 0.414. The van der Waals surface area contributed by atoms with Gasteiger partial charge in [0.25, 0.3) is 0 Å². The quantitative estimate of drug-likeness (QED) is 0.447. The van der Waals surface area contributed by atoms with Gasteiger partial charge in [0.05, 0.1) is 27.2 Å². The normalized spacial score (nSPS) is 13.0. The van der Waals surface area contributed by atoms with Gasteiger partial charge in [0, 0.05) is 24.3 Å². The van der Waals surface area contributed by atoms with Crippen LogP contribution in [0.25, 0.3) is 10.9 Å². The van der Waals surface area contributed by atoms with Crippen molar-refractivity contribution in [3.8, 4) is 0 Å². The summed E-state index contributed by atoms with van der Waals surface area (Å²) in [5.41, 5.74) is 3.39. The van der Waals surface area contributed by atoms with E-state index >= 15 is 0 Å². The largest absolute Gasteiger partial charge is 0.416 e. The molecule has 2 heterocycles. The van der Waals surface area contributed by atoms with Gasteiger partial charge in [-0.2, -0.15) is 13.2 Å². The average molecular weight is 403 g/mol. The number of aliphatic hydroxyl groups excluding tert-OH is 1. The van der Waals surface area contributed by atoms with Crippen molar-refractivity contribution in [1.82, 2.24) is 9.55 Å². The van der Waals surface area contributed by atoms with E-state index in [2.05, 4.69) is 10.3 Å². The van der Waals surface area contributed by atoms with E-state index in [0.717, 1.165) is 34.3 Å². The molecule has 1 atom stereocenters. The molecule has 0 saturated carbocycles. The first kappa shape index (κ1) is 18.5. The van der Waals surface area contributed by atoms with Crippen molar-refractivity contribution in [3.05, 3.63) is 82.4 Å². The second kappa shape index (κ2) is 7.29. The molecule has 0 amide bonds. The predicted molar refractivity (Wildman–Crippen MR) is 103 cm³/mol. The van der Waals surface area contributed by atoms with Crippen molar-refractivity contribution in [2.75, 3.05) is 5.32 Å². The molecule has 0 spiro atoms. The van der Waals surface area contributed by atoms with Crippen molar-refractivity contribution in [3.63, 3.8) is 0 Å². The molecular formula is C20H16F3N3OS. The second-order valence-corrected chi connectivity index (χ2v) is 7.25. The molecule has 0 bridgehead atoms. The Labute approximate surface area is 162 Å². The molecule has 4 rings (SSSR count). The van der Waals surface area contributed by atoms with Crippen LogP contribution in [0, 0.1) is 0 Å². The maximum Gasteiger partial charge on any atom is 0.416 e. The number of aliphatic hydroxyl groups is 1. The van der Waals surface area contributed by atoms with E-state index in [4.69, 9.17) is 0 Å². The smallest absolute Gasteiger partial charge is 0.369 e. The van der Waals surface area contributed by atoms with Gasteiger partial charge in [0.1, 0.15) is 0 Å². The van der Waals surface area contributed by atoms with Gasteiger partial charge in [-0.1, -0.05) is 30.3 Å². The van der Waals surface area contributed by atoms with Crippen LogP contribution in [0.5, 0.6) is 0 Å². The molecule has 2 aromatic heterocycles. The molecule has 0 saturated heterocycles. The first-order chi connectivity index (χ1) is 13.4. The summed E-state index contributed by atoms with van der Waals surface area (Å²) in [5, 5.41) is 14.4. The Bertz CT molecular complexity index is 1070. The van der Waals surface area contributed by atoms with Crippen molar-refractivity contribution < 1.29 is 18.3 Å². The molecule has 0 aliphatic carbocycles. The standard InChI is InChI=1S/C20H16F3N3OS/c21-20(22,23)14-7-5-13(6-8-14)10-26-11-16(15-3-1-2-4-17(15)26)25-19(27)18-9-24-12-28-18/h1-9,11-12,19,25,27H,10H2. The third-order valence-corrected chi connectivity index (χ3v) is 5.26. The lowest BCUT2D eigenvalue weighted by atomic mass is 10.1.